The molecule has 3 heteroatoms. The fraction of sp³-hybridized carbons (Fsp3) is 1.00. The molecule has 1 N–H and O–H groups in total. The zero-order valence-corrected chi connectivity index (χ0v) is 12.7. The summed E-state index contributed by atoms with van der Waals surface area (Å²) in [5.41, 5.74) is 0. The molecule has 0 aromatic carbocycles. The third kappa shape index (κ3) is 5.68. The molecule has 1 saturated heterocycles. The van der Waals surface area contributed by atoms with Crippen molar-refractivity contribution in [1.29, 1.82) is 0 Å². The summed E-state index contributed by atoms with van der Waals surface area (Å²) in [6.45, 7) is 14.3. The highest BCUT2D eigenvalue weighted by Gasteiger charge is 2.26. The summed E-state index contributed by atoms with van der Waals surface area (Å²) in [5.74, 6) is 0.863. The summed E-state index contributed by atoms with van der Waals surface area (Å²) in [6.07, 6.45) is 3.87. The predicted molar refractivity (Wildman–Crippen MR) is 78.0 cm³/mol. The van der Waals surface area contributed by atoms with Crippen molar-refractivity contribution in [2.75, 3.05) is 32.8 Å². The summed E-state index contributed by atoms with van der Waals surface area (Å²) in [4.78, 5) is 2.67. The number of ether oxygens (including phenoxy) is 1. The van der Waals surface area contributed by atoms with Gasteiger partial charge in [-0.05, 0) is 52.5 Å². The minimum atomic E-state index is 0.648. The van der Waals surface area contributed by atoms with Crippen molar-refractivity contribution in [2.45, 2.75) is 59.0 Å². The van der Waals surface area contributed by atoms with E-state index in [2.05, 4.69) is 37.9 Å². The third-order valence-electron chi connectivity index (χ3n) is 4.02. The normalized spacial score (nSPS) is 27.3. The summed E-state index contributed by atoms with van der Waals surface area (Å²) in [5, 5.41) is 3.56. The maximum absolute atomic E-state index is 5.34. The Balaban J connectivity index is 2.13. The Morgan fingerprint density at radius 3 is 2.83 bits per heavy atom. The van der Waals surface area contributed by atoms with Crippen molar-refractivity contribution in [3.05, 3.63) is 0 Å². The van der Waals surface area contributed by atoms with Crippen LogP contribution in [0.25, 0.3) is 0 Å². The molecule has 1 aliphatic rings. The Labute approximate surface area is 113 Å². The number of hydrogen-bond acceptors (Lipinski definition) is 3. The average molecular weight is 256 g/mol. The van der Waals surface area contributed by atoms with E-state index < -0.39 is 0 Å². The third-order valence-corrected chi connectivity index (χ3v) is 4.02. The molecule has 108 valence electrons. The molecule has 0 amide bonds. The van der Waals surface area contributed by atoms with Crippen LogP contribution in [-0.4, -0.2) is 49.8 Å². The Morgan fingerprint density at radius 1 is 1.33 bits per heavy atom. The number of hydrogen-bond donors (Lipinski definition) is 1. The van der Waals surface area contributed by atoms with Gasteiger partial charge >= 0.3 is 0 Å². The lowest BCUT2D eigenvalue weighted by Gasteiger charge is -2.41. The van der Waals surface area contributed by atoms with Crippen LogP contribution in [0.4, 0.5) is 0 Å². The van der Waals surface area contributed by atoms with E-state index in [-0.39, 0.29) is 0 Å². The molecule has 0 aliphatic carbocycles. The van der Waals surface area contributed by atoms with Crippen LogP contribution in [-0.2, 0) is 4.74 Å². The van der Waals surface area contributed by atoms with E-state index in [1.165, 1.54) is 19.4 Å². The molecule has 0 spiro atoms. The lowest BCUT2D eigenvalue weighted by atomic mass is 9.93. The molecule has 3 atom stereocenters. The summed E-state index contributed by atoms with van der Waals surface area (Å²) >= 11 is 0. The van der Waals surface area contributed by atoms with Crippen molar-refractivity contribution in [3.8, 4) is 0 Å². The van der Waals surface area contributed by atoms with Gasteiger partial charge in [0.05, 0.1) is 0 Å². The molecule has 0 saturated carbocycles. The van der Waals surface area contributed by atoms with Gasteiger partial charge in [-0.25, -0.2) is 0 Å². The van der Waals surface area contributed by atoms with Crippen LogP contribution < -0.4 is 5.32 Å². The molecule has 0 aromatic rings. The second-order valence-electron chi connectivity index (χ2n) is 5.83. The van der Waals surface area contributed by atoms with Gasteiger partial charge in [-0.3, -0.25) is 4.90 Å². The van der Waals surface area contributed by atoms with E-state index in [0.29, 0.717) is 6.04 Å². The van der Waals surface area contributed by atoms with Gasteiger partial charge in [-0.1, -0.05) is 6.92 Å². The molecule has 1 fully saturated rings. The molecule has 1 rings (SSSR count). The Morgan fingerprint density at radius 2 is 2.11 bits per heavy atom. The van der Waals surface area contributed by atoms with E-state index in [9.17, 15) is 0 Å². The highest BCUT2D eigenvalue weighted by molar-refractivity contribution is 4.81. The smallest absolute Gasteiger partial charge is 0.0477 e. The highest BCUT2D eigenvalue weighted by Crippen LogP contribution is 2.22. The SMILES string of the molecule is CCOCCCNCC(C)N1CC(C)CCC1C. The van der Waals surface area contributed by atoms with Crippen LogP contribution in [0.2, 0.25) is 0 Å². The minimum Gasteiger partial charge on any atom is -0.382 e. The van der Waals surface area contributed by atoms with Gasteiger partial charge in [0, 0.05) is 38.4 Å². The van der Waals surface area contributed by atoms with E-state index in [1.807, 2.05) is 0 Å². The summed E-state index contributed by atoms with van der Waals surface area (Å²) < 4.78 is 5.34. The molecule has 0 radical (unpaired) electrons. The quantitative estimate of drug-likeness (QED) is 0.675. The van der Waals surface area contributed by atoms with E-state index >= 15 is 0 Å². The van der Waals surface area contributed by atoms with Gasteiger partial charge in [-0.2, -0.15) is 0 Å². The second-order valence-corrected chi connectivity index (χ2v) is 5.83. The Bertz CT molecular complexity index is 211. The number of nitrogens with zero attached hydrogens (tertiary/aromatic N) is 1. The first-order chi connectivity index (χ1) is 8.65. The molecular weight excluding hydrogens is 224 g/mol. The average Bonchev–Trinajstić information content (AvgIpc) is 2.36. The van der Waals surface area contributed by atoms with Crippen molar-refractivity contribution in [3.63, 3.8) is 0 Å². The van der Waals surface area contributed by atoms with Crippen LogP contribution in [0.1, 0.15) is 47.0 Å². The number of nitrogens with one attached hydrogen (secondary N) is 1. The molecular formula is C15H32N2O. The van der Waals surface area contributed by atoms with Crippen molar-refractivity contribution >= 4 is 0 Å². The van der Waals surface area contributed by atoms with Crippen LogP contribution in [0.5, 0.6) is 0 Å². The number of piperidine rings is 1. The molecule has 0 aromatic heterocycles. The van der Waals surface area contributed by atoms with Crippen molar-refractivity contribution in [2.24, 2.45) is 5.92 Å². The fourth-order valence-electron chi connectivity index (χ4n) is 2.81. The van der Waals surface area contributed by atoms with Crippen molar-refractivity contribution in [1.82, 2.24) is 10.2 Å². The molecule has 1 heterocycles. The number of rotatable bonds is 8. The van der Waals surface area contributed by atoms with Crippen molar-refractivity contribution < 1.29 is 4.74 Å². The maximum atomic E-state index is 5.34. The predicted octanol–water partition coefficient (Wildman–Crippen LogP) is 2.51. The van der Waals surface area contributed by atoms with Crippen LogP contribution in [0, 0.1) is 5.92 Å². The zero-order valence-electron chi connectivity index (χ0n) is 12.7. The monoisotopic (exact) mass is 256 g/mol. The first kappa shape index (κ1) is 15.9. The van der Waals surface area contributed by atoms with E-state index in [4.69, 9.17) is 4.74 Å². The topological polar surface area (TPSA) is 24.5 Å². The van der Waals surface area contributed by atoms with E-state index in [1.54, 1.807) is 0 Å². The minimum absolute atomic E-state index is 0.648. The van der Waals surface area contributed by atoms with Gasteiger partial charge in [-0.15, -0.1) is 0 Å². The fourth-order valence-corrected chi connectivity index (χ4v) is 2.81. The molecule has 3 unspecified atom stereocenters. The van der Waals surface area contributed by atoms with Gasteiger partial charge in [0.25, 0.3) is 0 Å². The van der Waals surface area contributed by atoms with E-state index in [0.717, 1.165) is 44.7 Å². The molecule has 1 aliphatic heterocycles. The lowest BCUT2D eigenvalue weighted by molar-refractivity contribution is 0.0835. The molecule has 0 bridgehead atoms. The molecule has 18 heavy (non-hydrogen) atoms. The van der Waals surface area contributed by atoms with Crippen LogP contribution in [0.15, 0.2) is 0 Å². The first-order valence-corrected chi connectivity index (χ1v) is 7.69. The van der Waals surface area contributed by atoms with Crippen LogP contribution >= 0.6 is 0 Å². The Kier molecular flexibility index (Phi) is 7.87. The zero-order chi connectivity index (χ0) is 13.4. The van der Waals surface area contributed by atoms with Crippen LogP contribution in [0.3, 0.4) is 0 Å². The summed E-state index contributed by atoms with van der Waals surface area (Å²) in [7, 11) is 0. The van der Waals surface area contributed by atoms with Gasteiger partial charge in [0.2, 0.25) is 0 Å². The maximum Gasteiger partial charge on any atom is 0.0477 e. The molecule has 3 nitrogen and oxygen atoms in total. The lowest BCUT2D eigenvalue weighted by Crippen LogP contribution is -2.49. The largest absolute Gasteiger partial charge is 0.382 e. The second kappa shape index (κ2) is 8.89. The summed E-state index contributed by atoms with van der Waals surface area (Å²) in [6, 6.07) is 1.40. The number of likely N-dealkylation sites (tertiary alicyclic amines) is 1. The van der Waals surface area contributed by atoms with Gasteiger partial charge < -0.3 is 10.1 Å². The standard InChI is InChI=1S/C15H32N2O/c1-5-18-10-6-9-16-11-15(4)17-12-13(2)7-8-14(17)3/h13-16H,5-12H2,1-4H3. The highest BCUT2D eigenvalue weighted by atomic mass is 16.5. The van der Waals surface area contributed by atoms with Gasteiger partial charge in [0.1, 0.15) is 0 Å². The Hall–Kier alpha value is -0.120. The van der Waals surface area contributed by atoms with Gasteiger partial charge in [0.15, 0.2) is 0 Å². The first-order valence-electron chi connectivity index (χ1n) is 7.69.